The molecule has 0 saturated heterocycles. The molecule has 0 saturated carbocycles. The van der Waals surface area contributed by atoms with Crippen molar-refractivity contribution in [1.82, 2.24) is 21.3 Å². The molecule has 2 heterocycles. The van der Waals surface area contributed by atoms with Gasteiger partial charge in [-0.05, 0) is 69.2 Å². The van der Waals surface area contributed by atoms with Crippen LogP contribution >= 0.6 is 0 Å². The standard InChI is InChI=1S/C32H46N4O5/c1-6-22(2)28-30(38)33-17-10-18-40-26-15-13-24(14-16-26)20-27(29(37)36-28)34-21-25(19-23-11-8-7-9-12-23)35-31(39)41-32(3,4)5/h7-9,11-16,22,25,27-28,34H,6,10,17-21H2,1-5H3,(H,33,38)(H,35,39)(H,36,37)/t22-,25-,27-,28-/m0/s1. The summed E-state index contributed by atoms with van der Waals surface area (Å²) in [6.45, 7) is 10.7. The Bertz CT molecular complexity index is 1120. The van der Waals surface area contributed by atoms with Crippen LogP contribution in [0.15, 0.2) is 54.6 Å². The van der Waals surface area contributed by atoms with E-state index in [1.54, 1.807) is 0 Å². The highest BCUT2D eigenvalue weighted by Gasteiger charge is 2.30. The average molecular weight is 567 g/mol. The molecule has 2 aromatic rings. The smallest absolute Gasteiger partial charge is 0.407 e. The zero-order chi connectivity index (χ0) is 29.8. The third kappa shape index (κ3) is 11.1. The molecule has 4 rings (SSSR count). The van der Waals surface area contributed by atoms with Gasteiger partial charge in [-0.2, -0.15) is 0 Å². The molecule has 2 aromatic carbocycles. The quantitative estimate of drug-likeness (QED) is 0.387. The molecule has 9 nitrogen and oxygen atoms in total. The summed E-state index contributed by atoms with van der Waals surface area (Å²) in [5, 5.41) is 12.3. The van der Waals surface area contributed by atoms with Crippen LogP contribution in [0.5, 0.6) is 5.75 Å². The largest absolute Gasteiger partial charge is 0.494 e. The van der Waals surface area contributed by atoms with E-state index in [1.165, 1.54) is 0 Å². The van der Waals surface area contributed by atoms with Crippen LogP contribution in [0.2, 0.25) is 0 Å². The highest BCUT2D eigenvalue weighted by atomic mass is 16.6. The van der Waals surface area contributed by atoms with Gasteiger partial charge in [0.1, 0.15) is 17.4 Å². The topological polar surface area (TPSA) is 118 Å². The fourth-order valence-corrected chi connectivity index (χ4v) is 4.59. The first-order valence-corrected chi connectivity index (χ1v) is 14.6. The van der Waals surface area contributed by atoms with Crippen molar-refractivity contribution in [2.24, 2.45) is 5.92 Å². The number of nitrogens with one attached hydrogen (secondary N) is 4. The number of hydrogen-bond acceptors (Lipinski definition) is 6. The van der Waals surface area contributed by atoms with E-state index in [0.717, 1.165) is 23.3 Å². The van der Waals surface area contributed by atoms with Gasteiger partial charge in [0.25, 0.3) is 0 Å². The zero-order valence-electron chi connectivity index (χ0n) is 25.0. The van der Waals surface area contributed by atoms with Gasteiger partial charge < -0.3 is 30.7 Å². The van der Waals surface area contributed by atoms with Gasteiger partial charge >= 0.3 is 6.09 Å². The summed E-state index contributed by atoms with van der Waals surface area (Å²) < 4.78 is 11.3. The minimum Gasteiger partial charge on any atom is -0.494 e. The summed E-state index contributed by atoms with van der Waals surface area (Å²) in [6, 6.07) is 15.9. The molecule has 2 aliphatic heterocycles. The maximum atomic E-state index is 13.7. The number of rotatable bonds is 8. The van der Waals surface area contributed by atoms with E-state index in [4.69, 9.17) is 9.47 Å². The molecule has 2 aliphatic rings. The first kappa shape index (κ1) is 31.9. The highest BCUT2D eigenvalue weighted by Crippen LogP contribution is 2.16. The molecule has 0 spiro atoms. The van der Waals surface area contributed by atoms with Crippen molar-refractivity contribution >= 4 is 17.9 Å². The number of alkyl carbamates (subject to hydrolysis) is 1. The van der Waals surface area contributed by atoms with E-state index in [-0.39, 0.29) is 23.8 Å². The van der Waals surface area contributed by atoms with Gasteiger partial charge in [-0.3, -0.25) is 9.59 Å². The summed E-state index contributed by atoms with van der Waals surface area (Å²) in [5.74, 6) is 0.224. The number of amides is 3. The minimum absolute atomic E-state index is 0.0509. The normalized spacial score (nSPS) is 19.9. The van der Waals surface area contributed by atoms with Gasteiger partial charge in [-0.25, -0.2) is 4.79 Å². The van der Waals surface area contributed by atoms with Crippen LogP contribution in [0.4, 0.5) is 4.79 Å². The van der Waals surface area contributed by atoms with E-state index in [2.05, 4.69) is 21.3 Å². The molecule has 4 atom stereocenters. The molecule has 3 amide bonds. The van der Waals surface area contributed by atoms with Gasteiger partial charge in [-0.15, -0.1) is 0 Å². The number of ether oxygens (including phenoxy) is 2. The van der Waals surface area contributed by atoms with Crippen molar-refractivity contribution < 1.29 is 23.9 Å². The second-order valence-corrected chi connectivity index (χ2v) is 11.7. The van der Waals surface area contributed by atoms with Gasteiger partial charge in [0, 0.05) is 19.1 Å². The molecule has 41 heavy (non-hydrogen) atoms. The number of hydrogen-bond donors (Lipinski definition) is 4. The van der Waals surface area contributed by atoms with Crippen LogP contribution in [0.1, 0.15) is 58.6 Å². The maximum absolute atomic E-state index is 13.7. The van der Waals surface area contributed by atoms with Crippen molar-refractivity contribution in [2.45, 2.75) is 84.0 Å². The number of fused-ring (bicyclic) bond motifs is 12. The van der Waals surface area contributed by atoms with E-state index in [9.17, 15) is 14.4 Å². The van der Waals surface area contributed by atoms with Crippen molar-refractivity contribution in [1.29, 1.82) is 0 Å². The second kappa shape index (κ2) is 15.4. The van der Waals surface area contributed by atoms with Crippen molar-refractivity contribution in [2.75, 3.05) is 19.7 Å². The molecular weight excluding hydrogens is 520 g/mol. The van der Waals surface area contributed by atoms with Crippen LogP contribution < -0.4 is 26.0 Å². The summed E-state index contributed by atoms with van der Waals surface area (Å²) >= 11 is 0. The fraction of sp³-hybridized carbons (Fsp3) is 0.531. The van der Waals surface area contributed by atoms with Gasteiger partial charge in [0.2, 0.25) is 11.8 Å². The second-order valence-electron chi connectivity index (χ2n) is 11.7. The molecule has 0 radical (unpaired) electrons. The average Bonchev–Trinajstić information content (AvgIpc) is 2.93. The van der Waals surface area contributed by atoms with Crippen LogP contribution in [0, 0.1) is 5.92 Å². The Morgan fingerprint density at radius 1 is 1.07 bits per heavy atom. The zero-order valence-corrected chi connectivity index (χ0v) is 25.0. The molecule has 0 aromatic heterocycles. The van der Waals surface area contributed by atoms with Crippen LogP contribution in [0.25, 0.3) is 0 Å². The summed E-state index contributed by atoms with van der Waals surface area (Å²) in [5.41, 5.74) is 1.36. The maximum Gasteiger partial charge on any atom is 0.407 e. The van der Waals surface area contributed by atoms with Crippen LogP contribution in [0.3, 0.4) is 0 Å². The minimum atomic E-state index is -0.662. The Hall–Kier alpha value is -3.59. The summed E-state index contributed by atoms with van der Waals surface area (Å²) in [6.07, 6.45) is 1.82. The summed E-state index contributed by atoms with van der Waals surface area (Å²) in [7, 11) is 0. The number of carbonyl (C=O) groups is 3. The SMILES string of the molecule is CC[C@H](C)[C@@H]1NC(=O)[C@@H](NC[C@H](Cc2ccccc2)NC(=O)OC(C)(C)C)Cc2ccc(cc2)OCCCNC1=O. The predicted octanol–water partition coefficient (Wildman–Crippen LogP) is 3.75. The number of carbonyl (C=O) groups excluding carboxylic acids is 3. The molecule has 0 unspecified atom stereocenters. The molecule has 9 heteroatoms. The van der Waals surface area contributed by atoms with Gasteiger partial charge in [0.05, 0.1) is 12.6 Å². The molecule has 4 N–H and O–H groups in total. The molecule has 0 aliphatic carbocycles. The first-order chi connectivity index (χ1) is 19.5. The van der Waals surface area contributed by atoms with Gasteiger partial charge in [0.15, 0.2) is 0 Å². The molecule has 2 bridgehead atoms. The Labute approximate surface area is 244 Å². The Morgan fingerprint density at radius 2 is 1.78 bits per heavy atom. The van der Waals surface area contributed by atoms with Crippen molar-refractivity contribution in [3.63, 3.8) is 0 Å². The molecule has 0 fully saturated rings. The fourth-order valence-electron chi connectivity index (χ4n) is 4.59. The van der Waals surface area contributed by atoms with E-state index >= 15 is 0 Å². The molecular formula is C32H46N4O5. The Kier molecular flexibility index (Phi) is 12.0. The monoisotopic (exact) mass is 566 g/mol. The lowest BCUT2D eigenvalue weighted by Gasteiger charge is -2.28. The van der Waals surface area contributed by atoms with E-state index < -0.39 is 23.8 Å². The lowest BCUT2D eigenvalue weighted by molar-refractivity contribution is -0.131. The Morgan fingerprint density at radius 3 is 2.44 bits per heavy atom. The highest BCUT2D eigenvalue weighted by molar-refractivity contribution is 5.90. The van der Waals surface area contributed by atoms with Gasteiger partial charge in [-0.1, -0.05) is 62.7 Å². The third-order valence-electron chi connectivity index (χ3n) is 7.02. The lowest BCUT2D eigenvalue weighted by atomic mass is 9.97. The van der Waals surface area contributed by atoms with E-state index in [1.807, 2.05) is 89.2 Å². The molecule has 224 valence electrons. The Balaban J connectivity index is 1.83. The number of benzene rings is 2. The van der Waals surface area contributed by atoms with Crippen molar-refractivity contribution in [3.8, 4) is 5.75 Å². The van der Waals surface area contributed by atoms with Crippen LogP contribution in [-0.4, -0.2) is 61.3 Å². The first-order valence-electron chi connectivity index (χ1n) is 14.6. The lowest BCUT2D eigenvalue weighted by Crippen LogP contribution is -2.57. The predicted molar refractivity (Wildman–Crippen MR) is 160 cm³/mol. The third-order valence-corrected chi connectivity index (χ3v) is 7.02. The van der Waals surface area contributed by atoms with Crippen LogP contribution in [-0.2, 0) is 27.2 Å². The van der Waals surface area contributed by atoms with Crippen molar-refractivity contribution in [3.05, 3.63) is 65.7 Å². The van der Waals surface area contributed by atoms with E-state index in [0.29, 0.717) is 39.0 Å². The summed E-state index contributed by atoms with van der Waals surface area (Å²) in [4.78, 5) is 39.5.